The number of ether oxygens (including phenoxy) is 1. The van der Waals surface area contributed by atoms with E-state index < -0.39 is 23.3 Å². The fourth-order valence-corrected chi connectivity index (χ4v) is 4.48. The zero-order valence-electron chi connectivity index (χ0n) is 19.0. The number of nitrogens with zero attached hydrogens (tertiary/aromatic N) is 3. The van der Waals surface area contributed by atoms with E-state index in [0.29, 0.717) is 35.3 Å². The van der Waals surface area contributed by atoms with Crippen LogP contribution in [0.1, 0.15) is 43.2 Å². The van der Waals surface area contributed by atoms with Gasteiger partial charge in [0, 0.05) is 25.7 Å². The lowest BCUT2D eigenvalue weighted by molar-refractivity contribution is 0.0502. The Bertz CT molecular complexity index is 1210. The number of alkyl carbamates (subject to hydrolysis) is 1. The van der Waals surface area contributed by atoms with Crippen LogP contribution in [0.15, 0.2) is 29.6 Å². The van der Waals surface area contributed by atoms with Crippen molar-refractivity contribution in [3.8, 4) is 0 Å². The van der Waals surface area contributed by atoms with Crippen LogP contribution in [-0.2, 0) is 11.3 Å². The molecule has 2 N–H and O–H groups in total. The number of likely N-dealkylation sites (tertiary alicyclic amines) is 1. The average molecular weight is 490 g/mol. The van der Waals surface area contributed by atoms with Crippen molar-refractivity contribution in [2.75, 3.05) is 18.4 Å². The number of hydrogen-bond donors (Lipinski definition) is 2. The number of anilines is 1. The number of hydrogen-bond acceptors (Lipinski definition) is 7. The van der Waals surface area contributed by atoms with Gasteiger partial charge < -0.3 is 20.3 Å². The lowest BCUT2D eigenvalue weighted by atomic mass is 10.2. The van der Waals surface area contributed by atoms with Crippen LogP contribution < -0.4 is 10.6 Å². The maximum atomic E-state index is 13.5. The van der Waals surface area contributed by atoms with E-state index in [1.807, 2.05) is 5.38 Å². The molecule has 34 heavy (non-hydrogen) atoms. The molecule has 8 nitrogen and oxygen atoms in total. The molecule has 3 heterocycles. The molecule has 0 bridgehead atoms. The summed E-state index contributed by atoms with van der Waals surface area (Å²) in [6, 6.07) is 4.79. The van der Waals surface area contributed by atoms with Crippen molar-refractivity contribution in [2.45, 2.75) is 45.4 Å². The Balaban J connectivity index is 1.47. The first-order valence-electron chi connectivity index (χ1n) is 10.8. The Hall–Kier alpha value is -3.34. The summed E-state index contributed by atoms with van der Waals surface area (Å²) in [6.45, 7) is 6.24. The van der Waals surface area contributed by atoms with Gasteiger partial charge in [0.2, 0.25) is 5.95 Å². The lowest BCUT2D eigenvalue weighted by Gasteiger charge is -2.22. The Morgan fingerprint density at radius 3 is 2.65 bits per heavy atom. The Labute approximate surface area is 199 Å². The molecule has 1 aromatic carbocycles. The van der Waals surface area contributed by atoms with Gasteiger partial charge in [-0.15, -0.1) is 11.3 Å². The fraction of sp³-hybridized carbons (Fsp3) is 0.391. The summed E-state index contributed by atoms with van der Waals surface area (Å²) in [5.41, 5.74) is 0.615. The van der Waals surface area contributed by atoms with Gasteiger partial charge in [-0.2, -0.15) is 0 Å². The van der Waals surface area contributed by atoms with Crippen LogP contribution in [0.4, 0.5) is 19.5 Å². The lowest BCUT2D eigenvalue weighted by Crippen LogP contribution is -2.41. The molecule has 180 valence electrons. The van der Waals surface area contributed by atoms with Crippen molar-refractivity contribution in [3.05, 3.63) is 52.5 Å². The summed E-state index contributed by atoms with van der Waals surface area (Å²) in [5, 5.41) is 7.57. The third kappa shape index (κ3) is 5.77. The first-order valence-corrected chi connectivity index (χ1v) is 11.7. The molecule has 1 aliphatic rings. The van der Waals surface area contributed by atoms with Gasteiger partial charge in [0.1, 0.15) is 17.2 Å². The molecular formula is C23H25F2N5O3S. The van der Waals surface area contributed by atoms with E-state index in [-0.39, 0.29) is 30.1 Å². The first kappa shape index (κ1) is 23.8. The largest absolute Gasteiger partial charge is 0.444 e. The monoisotopic (exact) mass is 489 g/mol. The number of amides is 2. The number of benzene rings is 1. The van der Waals surface area contributed by atoms with E-state index in [1.54, 1.807) is 31.7 Å². The maximum absolute atomic E-state index is 13.5. The van der Waals surface area contributed by atoms with Gasteiger partial charge in [-0.05, 0) is 56.3 Å². The number of rotatable bonds is 5. The molecule has 2 amide bonds. The standard InChI is InChI=1S/C23H25F2N5O3S/c1-23(2,3)33-22(32)27-16-4-6-30(12-16)20(31)18-19-17(5-7-34-19)28-21(29-18)26-11-13-8-14(24)10-15(25)9-13/h5,7-10,16H,4,6,11-12H2,1-3H3,(H,27,32)(H,26,28,29). The first-order chi connectivity index (χ1) is 16.1. The minimum atomic E-state index is -0.676. The molecule has 1 fully saturated rings. The minimum absolute atomic E-state index is 0.0869. The molecule has 0 aliphatic carbocycles. The van der Waals surface area contributed by atoms with E-state index in [9.17, 15) is 18.4 Å². The van der Waals surface area contributed by atoms with Crippen molar-refractivity contribution in [2.24, 2.45) is 0 Å². The number of carbonyl (C=O) groups excluding carboxylic acids is 2. The van der Waals surface area contributed by atoms with Gasteiger partial charge >= 0.3 is 6.09 Å². The minimum Gasteiger partial charge on any atom is -0.444 e. The summed E-state index contributed by atoms with van der Waals surface area (Å²) < 4.78 is 32.9. The topological polar surface area (TPSA) is 96.5 Å². The van der Waals surface area contributed by atoms with E-state index in [4.69, 9.17) is 4.74 Å². The molecule has 11 heteroatoms. The quantitative estimate of drug-likeness (QED) is 0.554. The fourth-order valence-electron chi connectivity index (χ4n) is 3.67. The van der Waals surface area contributed by atoms with Crippen LogP contribution in [0.2, 0.25) is 0 Å². The third-order valence-corrected chi connectivity index (χ3v) is 5.99. The van der Waals surface area contributed by atoms with E-state index >= 15 is 0 Å². The molecular weight excluding hydrogens is 464 g/mol. The van der Waals surface area contributed by atoms with Crippen LogP contribution in [0.5, 0.6) is 0 Å². The highest BCUT2D eigenvalue weighted by Crippen LogP contribution is 2.26. The second-order valence-corrected chi connectivity index (χ2v) is 9.96. The van der Waals surface area contributed by atoms with Gasteiger partial charge in [-0.25, -0.2) is 23.5 Å². The number of aromatic nitrogens is 2. The highest BCUT2D eigenvalue weighted by atomic mass is 32.1. The number of halogens is 2. The van der Waals surface area contributed by atoms with Crippen molar-refractivity contribution >= 4 is 39.5 Å². The molecule has 0 spiro atoms. The Morgan fingerprint density at radius 1 is 1.21 bits per heavy atom. The van der Waals surface area contributed by atoms with Crippen LogP contribution >= 0.6 is 11.3 Å². The van der Waals surface area contributed by atoms with Crippen LogP contribution in [-0.4, -0.2) is 51.6 Å². The molecule has 2 aromatic heterocycles. The highest BCUT2D eigenvalue weighted by molar-refractivity contribution is 7.17. The Morgan fingerprint density at radius 2 is 1.94 bits per heavy atom. The van der Waals surface area contributed by atoms with Crippen molar-refractivity contribution in [1.82, 2.24) is 20.2 Å². The smallest absolute Gasteiger partial charge is 0.407 e. The molecule has 3 aromatic rings. The SMILES string of the molecule is CC(C)(C)OC(=O)NC1CCN(C(=O)c2nc(NCc3cc(F)cc(F)c3)nc3ccsc23)C1. The van der Waals surface area contributed by atoms with Crippen molar-refractivity contribution in [3.63, 3.8) is 0 Å². The second kappa shape index (κ2) is 9.49. The third-order valence-electron chi connectivity index (χ3n) is 5.08. The zero-order valence-corrected chi connectivity index (χ0v) is 19.8. The molecule has 4 rings (SSSR count). The predicted molar refractivity (Wildman–Crippen MR) is 125 cm³/mol. The van der Waals surface area contributed by atoms with Gasteiger partial charge in [-0.1, -0.05) is 0 Å². The van der Waals surface area contributed by atoms with Crippen LogP contribution in [0.25, 0.3) is 10.2 Å². The summed E-state index contributed by atoms with van der Waals surface area (Å²) in [5.74, 6) is -1.44. The number of fused-ring (bicyclic) bond motifs is 1. The van der Waals surface area contributed by atoms with Gasteiger partial charge in [0.25, 0.3) is 5.91 Å². The number of carbonyl (C=O) groups is 2. The average Bonchev–Trinajstić information content (AvgIpc) is 3.38. The molecule has 1 aliphatic heterocycles. The molecule has 1 unspecified atom stereocenters. The van der Waals surface area contributed by atoms with E-state index in [0.717, 1.165) is 6.07 Å². The number of nitrogens with one attached hydrogen (secondary N) is 2. The molecule has 0 radical (unpaired) electrons. The van der Waals surface area contributed by atoms with Crippen molar-refractivity contribution < 1.29 is 23.1 Å². The van der Waals surface area contributed by atoms with Gasteiger partial charge in [-0.3, -0.25) is 4.79 Å². The predicted octanol–water partition coefficient (Wildman–Crippen LogP) is 4.32. The summed E-state index contributed by atoms with van der Waals surface area (Å²) >= 11 is 1.36. The van der Waals surface area contributed by atoms with E-state index in [1.165, 1.54) is 23.5 Å². The van der Waals surface area contributed by atoms with E-state index in [2.05, 4.69) is 20.6 Å². The molecule has 1 saturated heterocycles. The maximum Gasteiger partial charge on any atom is 0.407 e. The van der Waals surface area contributed by atoms with Gasteiger partial charge in [0.15, 0.2) is 5.69 Å². The molecule has 0 saturated carbocycles. The Kier molecular flexibility index (Phi) is 6.65. The second-order valence-electron chi connectivity index (χ2n) is 9.05. The zero-order chi connectivity index (χ0) is 24.5. The van der Waals surface area contributed by atoms with Crippen LogP contribution in [0, 0.1) is 11.6 Å². The van der Waals surface area contributed by atoms with Gasteiger partial charge in [0.05, 0.1) is 16.3 Å². The molecule has 1 atom stereocenters. The summed E-state index contributed by atoms with van der Waals surface area (Å²) in [7, 11) is 0. The summed E-state index contributed by atoms with van der Waals surface area (Å²) in [6.07, 6.45) is 0.0784. The van der Waals surface area contributed by atoms with Crippen LogP contribution in [0.3, 0.4) is 0 Å². The number of thiophene rings is 1. The van der Waals surface area contributed by atoms with Crippen molar-refractivity contribution in [1.29, 1.82) is 0 Å². The highest BCUT2D eigenvalue weighted by Gasteiger charge is 2.31. The normalized spacial score (nSPS) is 16.0. The summed E-state index contributed by atoms with van der Waals surface area (Å²) in [4.78, 5) is 35.8.